The Morgan fingerprint density at radius 1 is 1.12 bits per heavy atom. The number of aromatic nitrogens is 5. The summed E-state index contributed by atoms with van der Waals surface area (Å²) in [5.74, 6) is 2.22. The summed E-state index contributed by atoms with van der Waals surface area (Å²) in [6.45, 7) is 4.48. The SMILES string of the molecule is CCc1nc(CN(C)c2cc(-c3ccccc3)nc3cc(C)nn23)no1. The fourth-order valence-corrected chi connectivity index (χ4v) is 2.89. The molecule has 0 N–H and O–H groups in total. The molecule has 0 unspecified atom stereocenters. The van der Waals surface area contributed by atoms with Gasteiger partial charge in [0.05, 0.1) is 17.9 Å². The molecule has 0 aliphatic carbocycles. The molecule has 0 fully saturated rings. The van der Waals surface area contributed by atoms with Crippen molar-refractivity contribution in [2.45, 2.75) is 26.8 Å². The lowest BCUT2D eigenvalue weighted by molar-refractivity contribution is 0.376. The molecule has 132 valence electrons. The fourth-order valence-electron chi connectivity index (χ4n) is 2.89. The van der Waals surface area contributed by atoms with E-state index in [-0.39, 0.29) is 0 Å². The van der Waals surface area contributed by atoms with Crippen molar-refractivity contribution in [1.82, 2.24) is 24.7 Å². The van der Waals surface area contributed by atoms with E-state index in [1.807, 2.05) is 55.7 Å². The number of nitrogens with zero attached hydrogens (tertiary/aromatic N) is 6. The van der Waals surface area contributed by atoms with Crippen LogP contribution in [-0.2, 0) is 13.0 Å². The molecule has 0 aliphatic heterocycles. The maximum absolute atomic E-state index is 5.21. The number of benzene rings is 1. The van der Waals surface area contributed by atoms with Crippen molar-refractivity contribution in [3.8, 4) is 11.3 Å². The van der Waals surface area contributed by atoms with Gasteiger partial charge in [0.2, 0.25) is 5.89 Å². The molecular formula is C19H20N6O. The lowest BCUT2D eigenvalue weighted by Crippen LogP contribution is -2.21. The number of fused-ring (bicyclic) bond motifs is 1. The molecule has 0 radical (unpaired) electrons. The predicted octanol–water partition coefficient (Wildman–Crippen LogP) is 3.29. The summed E-state index contributed by atoms with van der Waals surface area (Å²) in [4.78, 5) is 11.2. The van der Waals surface area contributed by atoms with Crippen molar-refractivity contribution >= 4 is 11.5 Å². The molecule has 0 bridgehead atoms. The maximum atomic E-state index is 5.21. The third kappa shape index (κ3) is 3.03. The maximum Gasteiger partial charge on any atom is 0.226 e. The van der Waals surface area contributed by atoms with Gasteiger partial charge < -0.3 is 9.42 Å². The fraction of sp³-hybridized carbons (Fsp3) is 0.263. The minimum absolute atomic E-state index is 0.524. The van der Waals surface area contributed by atoms with Crippen molar-refractivity contribution in [3.05, 3.63) is 59.9 Å². The summed E-state index contributed by atoms with van der Waals surface area (Å²) in [6, 6.07) is 14.1. The number of aryl methyl sites for hydroxylation is 2. The zero-order valence-electron chi connectivity index (χ0n) is 15.0. The van der Waals surface area contributed by atoms with Gasteiger partial charge in [-0.25, -0.2) is 4.98 Å². The Morgan fingerprint density at radius 3 is 2.65 bits per heavy atom. The lowest BCUT2D eigenvalue weighted by atomic mass is 10.1. The van der Waals surface area contributed by atoms with Crippen LogP contribution in [0.1, 0.15) is 24.3 Å². The quantitative estimate of drug-likeness (QED) is 0.551. The molecule has 3 heterocycles. The summed E-state index contributed by atoms with van der Waals surface area (Å²) in [5.41, 5.74) is 3.71. The van der Waals surface area contributed by atoms with Crippen molar-refractivity contribution in [3.63, 3.8) is 0 Å². The zero-order valence-corrected chi connectivity index (χ0v) is 15.0. The van der Waals surface area contributed by atoms with Crippen LogP contribution in [-0.4, -0.2) is 31.8 Å². The lowest BCUT2D eigenvalue weighted by Gasteiger charge is -2.19. The molecule has 0 amide bonds. The van der Waals surface area contributed by atoms with Crippen LogP contribution in [0.5, 0.6) is 0 Å². The van der Waals surface area contributed by atoms with E-state index in [4.69, 9.17) is 9.51 Å². The molecule has 1 aromatic carbocycles. The summed E-state index contributed by atoms with van der Waals surface area (Å²) in [6.07, 6.45) is 0.729. The summed E-state index contributed by atoms with van der Waals surface area (Å²) in [5, 5.41) is 8.63. The van der Waals surface area contributed by atoms with Crippen LogP contribution < -0.4 is 4.90 Å². The van der Waals surface area contributed by atoms with E-state index >= 15 is 0 Å². The predicted molar refractivity (Wildman–Crippen MR) is 98.9 cm³/mol. The smallest absolute Gasteiger partial charge is 0.226 e. The highest BCUT2D eigenvalue weighted by Crippen LogP contribution is 2.25. The normalized spacial score (nSPS) is 11.2. The van der Waals surface area contributed by atoms with Crippen LogP contribution in [0.15, 0.2) is 47.0 Å². The van der Waals surface area contributed by atoms with Crippen molar-refractivity contribution < 1.29 is 4.52 Å². The Morgan fingerprint density at radius 2 is 1.92 bits per heavy atom. The van der Waals surface area contributed by atoms with Crippen molar-refractivity contribution in [2.75, 3.05) is 11.9 Å². The van der Waals surface area contributed by atoms with Gasteiger partial charge in [-0.15, -0.1) is 0 Å². The summed E-state index contributed by atoms with van der Waals surface area (Å²) >= 11 is 0. The minimum atomic E-state index is 0.524. The standard InChI is InChI=1S/C19H20N6O/c1-4-18-21-16(23-26-18)12-24(3)19-11-15(14-8-6-5-7-9-14)20-17-10-13(2)22-25(17)19/h5-11H,4,12H2,1-3H3. The first-order chi connectivity index (χ1) is 12.6. The Bertz CT molecular complexity index is 1040. The molecule has 0 aliphatic rings. The molecule has 4 aromatic rings. The Kier molecular flexibility index (Phi) is 4.12. The highest BCUT2D eigenvalue weighted by Gasteiger charge is 2.15. The first-order valence-corrected chi connectivity index (χ1v) is 8.59. The second kappa shape index (κ2) is 6.59. The first-order valence-electron chi connectivity index (χ1n) is 8.59. The molecule has 0 saturated carbocycles. The summed E-state index contributed by atoms with van der Waals surface area (Å²) < 4.78 is 7.06. The molecular weight excluding hydrogens is 328 g/mol. The van der Waals surface area contributed by atoms with Gasteiger partial charge in [0, 0.05) is 31.2 Å². The summed E-state index contributed by atoms with van der Waals surface area (Å²) in [7, 11) is 1.99. The average Bonchev–Trinajstić information content (AvgIpc) is 3.26. The van der Waals surface area contributed by atoms with E-state index in [2.05, 4.69) is 32.3 Å². The van der Waals surface area contributed by atoms with Crippen LogP contribution >= 0.6 is 0 Å². The van der Waals surface area contributed by atoms with Crippen LogP contribution in [0.2, 0.25) is 0 Å². The van der Waals surface area contributed by atoms with Gasteiger partial charge in [0.1, 0.15) is 5.82 Å². The Balaban J connectivity index is 1.76. The largest absolute Gasteiger partial charge is 0.352 e. The van der Waals surface area contributed by atoms with Gasteiger partial charge in [-0.2, -0.15) is 14.6 Å². The molecule has 26 heavy (non-hydrogen) atoms. The van der Waals surface area contributed by atoms with Gasteiger partial charge in [-0.1, -0.05) is 42.4 Å². The molecule has 4 rings (SSSR count). The zero-order chi connectivity index (χ0) is 18.1. The van der Waals surface area contributed by atoms with E-state index in [0.29, 0.717) is 18.3 Å². The van der Waals surface area contributed by atoms with Crippen LogP contribution in [0, 0.1) is 6.92 Å². The van der Waals surface area contributed by atoms with Crippen LogP contribution in [0.4, 0.5) is 5.82 Å². The van der Waals surface area contributed by atoms with E-state index < -0.39 is 0 Å². The number of hydrogen-bond donors (Lipinski definition) is 0. The van der Waals surface area contributed by atoms with Crippen molar-refractivity contribution in [1.29, 1.82) is 0 Å². The van der Waals surface area contributed by atoms with Crippen molar-refractivity contribution in [2.24, 2.45) is 0 Å². The topological polar surface area (TPSA) is 72.4 Å². The molecule has 3 aromatic heterocycles. The average molecular weight is 348 g/mol. The third-order valence-corrected chi connectivity index (χ3v) is 4.18. The first kappa shape index (κ1) is 16.3. The van der Waals surface area contributed by atoms with E-state index in [9.17, 15) is 0 Å². The van der Waals surface area contributed by atoms with Gasteiger partial charge in [-0.3, -0.25) is 0 Å². The third-order valence-electron chi connectivity index (χ3n) is 4.18. The molecule has 0 spiro atoms. The van der Waals surface area contributed by atoms with Gasteiger partial charge in [0.15, 0.2) is 11.5 Å². The van der Waals surface area contributed by atoms with Gasteiger partial charge in [0.25, 0.3) is 0 Å². The number of hydrogen-bond acceptors (Lipinski definition) is 6. The van der Waals surface area contributed by atoms with E-state index in [0.717, 1.165) is 34.8 Å². The van der Waals surface area contributed by atoms with E-state index in [1.165, 1.54) is 0 Å². The van der Waals surface area contributed by atoms with Crippen LogP contribution in [0.3, 0.4) is 0 Å². The van der Waals surface area contributed by atoms with Gasteiger partial charge >= 0.3 is 0 Å². The van der Waals surface area contributed by atoms with Gasteiger partial charge in [-0.05, 0) is 6.92 Å². The highest BCUT2D eigenvalue weighted by atomic mass is 16.5. The molecule has 0 saturated heterocycles. The Hall–Kier alpha value is -3.22. The second-order valence-electron chi connectivity index (χ2n) is 6.24. The molecule has 7 nitrogen and oxygen atoms in total. The monoisotopic (exact) mass is 348 g/mol. The minimum Gasteiger partial charge on any atom is -0.352 e. The number of anilines is 1. The molecule has 0 atom stereocenters. The molecule has 7 heteroatoms. The highest BCUT2D eigenvalue weighted by molar-refractivity contribution is 5.67. The number of rotatable bonds is 5. The Labute approximate surface area is 151 Å². The second-order valence-corrected chi connectivity index (χ2v) is 6.24. The van der Waals surface area contributed by atoms with Crippen LogP contribution in [0.25, 0.3) is 16.9 Å². The van der Waals surface area contributed by atoms with E-state index in [1.54, 1.807) is 0 Å².